The van der Waals surface area contributed by atoms with Crippen LogP contribution in [0.5, 0.6) is 0 Å². The number of morpholine rings is 1. The van der Waals surface area contributed by atoms with Gasteiger partial charge in [-0.25, -0.2) is 0 Å². The zero-order valence-corrected chi connectivity index (χ0v) is 13.3. The Kier molecular flexibility index (Phi) is 4.67. The fraction of sp³-hybridized carbons (Fsp3) is 0.235. The van der Waals surface area contributed by atoms with E-state index in [-0.39, 0.29) is 12.0 Å². The first-order chi connectivity index (χ1) is 10.6. The Hall–Kier alpha value is -1.55. The molecule has 0 spiro atoms. The molecule has 5 heteroatoms. The molecule has 3 rings (SSSR count). The molecule has 114 valence electrons. The summed E-state index contributed by atoms with van der Waals surface area (Å²) in [6, 6.07) is 14.8. The minimum atomic E-state index is -0.107. The summed E-state index contributed by atoms with van der Waals surface area (Å²) < 4.78 is 5.78. The highest BCUT2D eigenvalue weighted by Gasteiger charge is 2.27. The molecule has 0 N–H and O–H groups in total. The van der Waals surface area contributed by atoms with Crippen LogP contribution in [0.2, 0.25) is 10.0 Å². The van der Waals surface area contributed by atoms with Gasteiger partial charge in [-0.2, -0.15) is 0 Å². The lowest BCUT2D eigenvalue weighted by molar-refractivity contribution is -0.0228. The van der Waals surface area contributed by atoms with E-state index >= 15 is 0 Å². The normalized spacial score (nSPS) is 18.3. The second-order valence-corrected chi connectivity index (χ2v) is 5.99. The Morgan fingerprint density at radius 3 is 2.64 bits per heavy atom. The van der Waals surface area contributed by atoms with Crippen molar-refractivity contribution in [3.05, 3.63) is 69.7 Å². The molecule has 0 aromatic heterocycles. The highest BCUT2D eigenvalue weighted by Crippen LogP contribution is 2.26. The zero-order valence-electron chi connectivity index (χ0n) is 11.8. The number of carbonyl (C=O) groups excluding carboxylic acids is 1. The molecule has 1 fully saturated rings. The Labute approximate surface area is 139 Å². The van der Waals surface area contributed by atoms with Crippen LogP contribution in [-0.4, -0.2) is 30.5 Å². The van der Waals surface area contributed by atoms with Gasteiger partial charge in [-0.15, -0.1) is 0 Å². The van der Waals surface area contributed by atoms with Crippen molar-refractivity contribution in [2.75, 3.05) is 19.7 Å². The van der Waals surface area contributed by atoms with Crippen LogP contribution in [0.25, 0.3) is 0 Å². The lowest BCUT2D eigenvalue weighted by Crippen LogP contribution is -2.42. The predicted octanol–water partition coefficient (Wildman–Crippen LogP) is 4.21. The van der Waals surface area contributed by atoms with Gasteiger partial charge in [0.1, 0.15) is 6.10 Å². The quantitative estimate of drug-likeness (QED) is 0.822. The number of benzene rings is 2. The molecule has 0 bridgehead atoms. The molecule has 2 aromatic rings. The van der Waals surface area contributed by atoms with E-state index in [4.69, 9.17) is 27.9 Å². The van der Waals surface area contributed by atoms with Crippen LogP contribution in [0.3, 0.4) is 0 Å². The second-order valence-electron chi connectivity index (χ2n) is 5.15. The summed E-state index contributed by atoms with van der Waals surface area (Å²) in [6.45, 7) is 1.58. The van der Waals surface area contributed by atoms with Crippen molar-refractivity contribution in [2.24, 2.45) is 0 Å². The predicted molar refractivity (Wildman–Crippen MR) is 87.5 cm³/mol. The standard InChI is InChI=1S/C17H15Cl2NO2/c18-13-6-7-14(15(19)10-13)17(21)20-8-9-22-16(11-20)12-4-2-1-3-5-12/h1-7,10,16H,8-9,11H2/t16-/m0/s1. The van der Waals surface area contributed by atoms with Crippen LogP contribution in [0.15, 0.2) is 48.5 Å². The highest BCUT2D eigenvalue weighted by atomic mass is 35.5. The van der Waals surface area contributed by atoms with E-state index in [9.17, 15) is 4.79 Å². The van der Waals surface area contributed by atoms with Crippen LogP contribution < -0.4 is 0 Å². The minimum Gasteiger partial charge on any atom is -0.370 e. The SMILES string of the molecule is O=C(c1ccc(Cl)cc1Cl)N1CCO[C@H](c2ccccc2)C1. The maximum Gasteiger partial charge on any atom is 0.255 e. The number of hydrogen-bond acceptors (Lipinski definition) is 2. The summed E-state index contributed by atoms with van der Waals surface area (Å²) in [7, 11) is 0. The van der Waals surface area contributed by atoms with Crippen LogP contribution in [-0.2, 0) is 4.74 Å². The van der Waals surface area contributed by atoms with E-state index in [1.807, 2.05) is 30.3 Å². The molecular formula is C17H15Cl2NO2. The molecule has 1 saturated heterocycles. The van der Waals surface area contributed by atoms with E-state index in [0.29, 0.717) is 35.3 Å². The van der Waals surface area contributed by atoms with Gasteiger partial charge in [0.25, 0.3) is 5.91 Å². The summed E-state index contributed by atoms with van der Waals surface area (Å²) in [5.41, 5.74) is 1.54. The van der Waals surface area contributed by atoms with E-state index in [0.717, 1.165) is 5.56 Å². The summed E-state index contributed by atoms with van der Waals surface area (Å²) in [5, 5.41) is 0.894. The molecule has 0 unspecified atom stereocenters. The monoisotopic (exact) mass is 335 g/mol. The molecule has 3 nitrogen and oxygen atoms in total. The summed E-state index contributed by atoms with van der Waals surface area (Å²) >= 11 is 12.0. The van der Waals surface area contributed by atoms with Gasteiger partial charge in [0.2, 0.25) is 0 Å². The Morgan fingerprint density at radius 1 is 1.14 bits per heavy atom. The Bertz CT molecular complexity index is 676. The van der Waals surface area contributed by atoms with E-state index in [1.165, 1.54) is 0 Å². The second kappa shape index (κ2) is 6.69. The van der Waals surface area contributed by atoms with E-state index in [1.54, 1.807) is 23.1 Å². The van der Waals surface area contributed by atoms with Crippen molar-refractivity contribution < 1.29 is 9.53 Å². The van der Waals surface area contributed by atoms with Gasteiger partial charge >= 0.3 is 0 Å². The van der Waals surface area contributed by atoms with Crippen LogP contribution >= 0.6 is 23.2 Å². The Morgan fingerprint density at radius 2 is 1.91 bits per heavy atom. The maximum absolute atomic E-state index is 12.7. The molecule has 1 aliphatic heterocycles. The first-order valence-electron chi connectivity index (χ1n) is 7.06. The molecule has 1 amide bonds. The lowest BCUT2D eigenvalue weighted by atomic mass is 10.1. The topological polar surface area (TPSA) is 29.5 Å². The third-order valence-corrected chi connectivity index (χ3v) is 4.23. The summed E-state index contributed by atoms with van der Waals surface area (Å²) in [5.74, 6) is -0.0918. The number of ether oxygens (including phenoxy) is 1. The van der Waals surface area contributed by atoms with E-state index < -0.39 is 0 Å². The molecule has 1 atom stereocenters. The zero-order chi connectivity index (χ0) is 15.5. The number of rotatable bonds is 2. The van der Waals surface area contributed by atoms with E-state index in [2.05, 4.69) is 0 Å². The van der Waals surface area contributed by atoms with Crippen LogP contribution in [0.1, 0.15) is 22.0 Å². The minimum absolute atomic E-state index is 0.0918. The number of halogens is 2. The van der Waals surface area contributed by atoms with Gasteiger partial charge in [0, 0.05) is 11.6 Å². The van der Waals surface area contributed by atoms with Gasteiger partial charge < -0.3 is 9.64 Å². The first kappa shape index (κ1) is 15.3. The molecule has 22 heavy (non-hydrogen) atoms. The maximum atomic E-state index is 12.7. The average molecular weight is 336 g/mol. The van der Waals surface area contributed by atoms with Crippen molar-refractivity contribution in [1.82, 2.24) is 4.90 Å². The first-order valence-corrected chi connectivity index (χ1v) is 7.81. The third kappa shape index (κ3) is 3.27. The number of carbonyl (C=O) groups is 1. The molecule has 0 aliphatic carbocycles. The van der Waals surface area contributed by atoms with Gasteiger partial charge in [-0.05, 0) is 23.8 Å². The van der Waals surface area contributed by atoms with Crippen LogP contribution in [0.4, 0.5) is 0 Å². The van der Waals surface area contributed by atoms with Crippen LogP contribution in [0, 0.1) is 0 Å². The fourth-order valence-electron chi connectivity index (χ4n) is 2.54. The number of hydrogen-bond donors (Lipinski definition) is 0. The fourth-order valence-corrected chi connectivity index (χ4v) is 3.03. The van der Waals surface area contributed by atoms with Crippen molar-refractivity contribution in [2.45, 2.75) is 6.10 Å². The van der Waals surface area contributed by atoms with Gasteiger partial charge in [0.05, 0.1) is 23.7 Å². The summed E-state index contributed by atoms with van der Waals surface area (Å²) in [4.78, 5) is 14.4. The van der Waals surface area contributed by atoms with Gasteiger partial charge in [0.15, 0.2) is 0 Å². The van der Waals surface area contributed by atoms with Crippen molar-refractivity contribution in [3.8, 4) is 0 Å². The molecule has 0 radical (unpaired) electrons. The number of amides is 1. The molecule has 1 heterocycles. The van der Waals surface area contributed by atoms with Crippen molar-refractivity contribution >= 4 is 29.1 Å². The smallest absolute Gasteiger partial charge is 0.255 e. The average Bonchev–Trinajstić information content (AvgIpc) is 2.55. The summed E-state index contributed by atoms with van der Waals surface area (Å²) in [6.07, 6.45) is -0.107. The molecular weight excluding hydrogens is 321 g/mol. The van der Waals surface area contributed by atoms with Crippen molar-refractivity contribution in [1.29, 1.82) is 0 Å². The Balaban J connectivity index is 1.78. The third-order valence-electron chi connectivity index (χ3n) is 3.69. The molecule has 1 aliphatic rings. The largest absolute Gasteiger partial charge is 0.370 e. The van der Waals surface area contributed by atoms with Crippen molar-refractivity contribution in [3.63, 3.8) is 0 Å². The van der Waals surface area contributed by atoms with Gasteiger partial charge in [-0.1, -0.05) is 53.5 Å². The lowest BCUT2D eigenvalue weighted by Gasteiger charge is -2.33. The highest BCUT2D eigenvalue weighted by molar-refractivity contribution is 6.36. The molecule has 2 aromatic carbocycles. The molecule has 0 saturated carbocycles. The van der Waals surface area contributed by atoms with Gasteiger partial charge in [-0.3, -0.25) is 4.79 Å². The number of nitrogens with zero attached hydrogens (tertiary/aromatic N) is 1.